The van der Waals surface area contributed by atoms with Crippen molar-refractivity contribution in [2.45, 2.75) is 85.5 Å². The third kappa shape index (κ3) is 6.35. The van der Waals surface area contributed by atoms with Crippen LogP contribution in [0.5, 0.6) is 17.2 Å². The average Bonchev–Trinajstić information content (AvgIpc) is 2.89. The van der Waals surface area contributed by atoms with Gasteiger partial charge >= 0.3 is 7.12 Å². The lowest BCUT2D eigenvalue weighted by Gasteiger charge is -2.33. The molecular weight excluding hydrogens is 453 g/mol. The van der Waals surface area contributed by atoms with Gasteiger partial charge in [-0.05, 0) is 59.4 Å². The minimum atomic E-state index is -0.748. The number of ether oxygens (including phenoxy) is 3. The zero-order chi connectivity index (χ0) is 26.1. The average molecular weight is 495 g/mol. The monoisotopic (exact) mass is 495 g/mol. The molecule has 1 aromatic rings. The number of rotatable bonds is 9. The van der Waals surface area contributed by atoms with Gasteiger partial charge in [-0.3, -0.25) is 4.79 Å². The van der Waals surface area contributed by atoms with E-state index in [0.717, 1.165) is 6.42 Å². The largest absolute Gasteiger partial charge is 0.498 e. The Hall–Kier alpha value is -1.58. The smallest absolute Gasteiger partial charge is 0.493 e. The molecule has 0 spiro atoms. The summed E-state index contributed by atoms with van der Waals surface area (Å²) in [7, 11) is 2.31. The fraction of sp³-hybridized carbons (Fsp3) is 0.720. The molecule has 7 nitrogen and oxygen atoms in total. The lowest BCUT2D eigenvalue weighted by molar-refractivity contribution is 0.00578. The van der Waals surface area contributed by atoms with Crippen LogP contribution in [0.1, 0.15) is 79.1 Å². The van der Waals surface area contributed by atoms with Gasteiger partial charge in [0, 0.05) is 16.8 Å². The summed E-state index contributed by atoms with van der Waals surface area (Å²) in [6, 6.07) is 1.72. The van der Waals surface area contributed by atoms with Crippen molar-refractivity contribution in [2.75, 3.05) is 26.6 Å². The van der Waals surface area contributed by atoms with Gasteiger partial charge in [0.1, 0.15) is 0 Å². The van der Waals surface area contributed by atoms with Crippen molar-refractivity contribution in [3.63, 3.8) is 0 Å². The van der Waals surface area contributed by atoms with Crippen molar-refractivity contribution in [2.24, 2.45) is 5.41 Å². The second kappa shape index (κ2) is 10.2. The topological polar surface area (TPSA) is 75.3 Å². The number of hydrogen-bond acceptors (Lipinski definition) is 7. The summed E-state index contributed by atoms with van der Waals surface area (Å²) >= 11 is 4.26. The number of nitrogens with one attached hydrogen (secondary N) is 1. The minimum Gasteiger partial charge on any atom is -0.493 e. The molecule has 1 aromatic carbocycles. The maximum atomic E-state index is 13.6. The summed E-state index contributed by atoms with van der Waals surface area (Å²) in [6.45, 7) is 18.7. The van der Waals surface area contributed by atoms with Gasteiger partial charge in [0.05, 0.1) is 37.6 Å². The van der Waals surface area contributed by atoms with Gasteiger partial charge in [0.2, 0.25) is 5.75 Å². The molecule has 1 aliphatic heterocycles. The van der Waals surface area contributed by atoms with E-state index < -0.39 is 23.9 Å². The molecule has 1 aliphatic rings. The summed E-state index contributed by atoms with van der Waals surface area (Å²) in [5.74, 6) is 1.22. The molecule has 0 radical (unpaired) electrons. The Labute approximate surface area is 211 Å². The number of methoxy groups -OCH3 is 2. The maximum Gasteiger partial charge on any atom is 0.498 e. The number of benzene rings is 1. The third-order valence-corrected chi connectivity index (χ3v) is 6.32. The molecule has 0 aromatic heterocycles. The highest BCUT2D eigenvalue weighted by atomic mass is 32.1. The van der Waals surface area contributed by atoms with Crippen LogP contribution in [0.2, 0.25) is 0 Å². The molecule has 0 saturated carbocycles. The highest BCUT2D eigenvalue weighted by Gasteiger charge is 2.53. The molecule has 1 N–H and O–H groups in total. The fourth-order valence-electron chi connectivity index (χ4n) is 4.39. The predicted molar refractivity (Wildman–Crippen MR) is 140 cm³/mol. The van der Waals surface area contributed by atoms with E-state index in [1.807, 2.05) is 41.5 Å². The zero-order valence-corrected chi connectivity index (χ0v) is 23.6. The standard InChI is InChI=1S/C25H42BNO6S/c1-22(2,3)15-23(4,5)27-21(28)16-14-17(26-32-24(6,7)25(8,9)33-26)19(29-10)20(30-11)18(16)31-12-13-34/h14,34H,12-13,15H2,1-11H3,(H,27,28). The maximum absolute atomic E-state index is 13.6. The SMILES string of the molecule is COc1c(B2OC(C)(C)C(C)(C)O2)cc(C(=O)NC(C)(C)CC(C)(C)C)c(OCCS)c1OC. The van der Waals surface area contributed by atoms with Gasteiger partial charge < -0.3 is 28.8 Å². The van der Waals surface area contributed by atoms with Crippen LogP contribution >= 0.6 is 12.6 Å². The highest BCUT2D eigenvalue weighted by molar-refractivity contribution is 7.80. The van der Waals surface area contributed by atoms with Gasteiger partial charge in [-0.25, -0.2) is 0 Å². The summed E-state index contributed by atoms with van der Waals surface area (Å²) in [5, 5.41) is 3.17. The van der Waals surface area contributed by atoms with Crippen LogP contribution in [-0.4, -0.2) is 56.3 Å². The van der Waals surface area contributed by atoms with E-state index in [2.05, 4.69) is 38.7 Å². The van der Waals surface area contributed by atoms with Gasteiger partial charge in [-0.15, -0.1) is 0 Å². The highest BCUT2D eigenvalue weighted by Crippen LogP contribution is 2.43. The van der Waals surface area contributed by atoms with Crippen LogP contribution in [0.25, 0.3) is 0 Å². The van der Waals surface area contributed by atoms with Crippen LogP contribution in [0.15, 0.2) is 6.07 Å². The first-order chi connectivity index (χ1) is 15.5. The zero-order valence-electron chi connectivity index (χ0n) is 22.7. The normalized spacial score (nSPS) is 17.5. The summed E-state index contributed by atoms with van der Waals surface area (Å²) < 4.78 is 29.9. The first-order valence-corrected chi connectivity index (χ1v) is 12.3. The molecule has 1 saturated heterocycles. The van der Waals surface area contributed by atoms with E-state index in [9.17, 15) is 4.79 Å². The Morgan fingerprint density at radius 2 is 1.53 bits per heavy atom. The van der Waals surface area contributed by atoms with Crippen molar-refractivity contribution >= 4 is 31.1 Å². The van der Waals surface area contributed by atoms with Crippen molar-refractivity contribution in [3.05, 3.63) is 11.6 Å². The molecule has 9 heteroatoms. The quantitative estimate of drug-likeness (QED) is 0.394. The lowest BCUT2D eigenvalue weighted by Crippen LogP contribution is -2.46. The van der Waals surface area contributed by atoms with E-state index in [-0.39, 0.29) is 11.3 Å². The molecular formula is C25H42BNO6S. The minimum absolute atomic E-state index is 0.0353. The first-order valence-electron chi connectivity index (χ1n) is 11.7. The Bertz CT molecular complexity index is 878. The van der Waals surface area contributed by atoms with Crippen LogP contribution in [-0.2, 0) is 9.31 Å². The summed E-state index contributed by atoms with van der Waals surface area (Å²) in [5.41, 5.74) is -0.648. The molecule has 0 atom stereocenters. The van der Waals surface area contributed by atoms with E-state index in [0.29, 0.717) is 40.6 Å². The van der Waals surface area contributed by atoms with Crippen molar-refractivity contribution in [3.8, 4) is 17.2 Å². The van der Waals surface area contributed by atoms with Crippen molar-refractivity contribution in [1.82, 2.24) is 5.32 Å². The van der Waals surface area contributed by atoms with E-state index >= 15 is 0 Å². The van der Waals surface area contributed by atoms with E-state index in [1.54, 1.807) is 13.2 Å². The van der Waals surface area contributed by atoms with Crippen LogP contribution in [0, 0.1) is 5.41 Å². The summed E-state index contributed by atoms with van der Waals surface area (Å²) in [4.78, 5) is 13.6. The molecule has 0 bridgehead atoms. The van der Waals surface area contributed by atoms with Crippen LogP contribution in [0.4, 0.5) is 0 Å². The van der Waals surface area contributed by atoms with Crippen LogP contribution < -0.4 is 25.0 Å². The summed E-state index contributed by atoms with van der Waals surface area (Å²) in [6.07, 6.45) is 0.788. The second-order valence-corrected chi connectivity index (χ2v) is 12.1. The molecule has 192 valence electrons. The predicted octanol–water partition coefficient (Wildman–Crippen LogP) is 4.26. The number of carbonyl (C=O) groups is 1. The lowest BCUT2D eigenvalue weighted by atomic mass is 9.76. The van der Waals surface area contributed by atoms with Gasteiger partial charge in [0.15, 0.2) is 11.5 Å². The Morgan fingerprint density at radius 3 is 1.97 bits per heavy atom. The van der Waals surface area contributed by atoms with Crippen LogP contribution in [0.3, 0.4) is 0 Å². The Balaban J connectivity index is 2.64. The molecule has 2 rings (SSSR count). The van der Waals surface area contributed by atoms with Crippen molar-refractivity contribution in [1.29, 1.82) is 0 Å². The number of amides is 1. The van der Waals surface area contributed by atoms with E-state index in [4.69, 9.17) is 23.5 Å². The third-order valence-electron chi connectivity index (χ3n) is 6.14. The fourth-order valence-corrected chi connectivity index (χ4v) is 4.48. The molecule has 1 amide bonds. The number of thiol groups is 1. The van der Waals surface area contributed by atoms with Gasteiger partial charge in [-0.1, -0.05) is 20.8 Å². The Morgan fingerprint density at radius 1 is 1.00 bits per heavy atom. The van der Waals surface area contributed by atoms with Crippen molar-refractivity contribution < 1.29 is 28.3 Å². The molecule has 0 unspecified atom stereocenters. The Kier molecular flexibility index (Phi) is 8.59. The molecule has 34 heavy (non-hydrogen) atoms. The number of hydrogen-bond donors (Lipinski definition) is 2. The van der Waals surface area contributed by atoms with E-state index in [1.165, 1.54) is 7.11 Å². The molecule has 0 aliphatic carbocycles. The van der Waals surface area contributed by atoms with Gasteiger partial charge in [0.25, 0.3) is 5.91 Å². The second-order valence-electron chi connectivity index (χ2n) is 11.6. The first kappa shape index (κ1) is 28.7. The molecule has 1 heterocycles. The van der Waals surface area contributed by atoms with Gasteiger partial charge in [-0.2, -0.15) is 12.6 Å². The molecule has 1 fully saturated rings. The number of carbonyl (C=O) groups excluding carboxylic acids is 1.